The molecule has 0 aromatic rings. The maximum Gasteiger partial charge on any atom is 0.106 e. The summed E-state index contributed by atoms with van der Waals surface area (Å²) in [6.45, 7) is 4.67. The van der Waals surface area contributed by atoms with Crippen molar-refractivity contribution in [1.82, 2.24) is 0 Å². The highest BCUT2D eigenvalue weighted by atomic mass is 16.5. The molecule has 0 rings (SSSR count). The average molecular weight is 229 g/mol. The van der Waals surface area contributed by atoms with Crippen molar-refractivity contribution in [3.63, 3.8) is 0 Å². The average Bonchev–Trinajstić information content (AvgIpc) is 2.32. The fourth-order valence-electron chi connectivity index (χ4n) is 1.95. The van der Waals surface area contributed by atoms with E-state index in [-0.39, 0.29) is 6.61 Å². The van der Waals surface area contributed by atoms with Gasteiger partial charge in [-0.15, -0.1) is 0 Å². The Morgan fingerprint density at radius 3 is 2.12 bits per heavy atom. The van der Waals surface area contributed by atoms with Gasteiger partial charge >= 0.3 is 0 Å². The van der Waals surface area contributed by atoms with Gasteiger partial charge in [-0.1, -0.05) is 58.8 Å². The second kappa shape index (κ2) is 13.0. The van der Waals surface area contributed by atoms with Crippen LogP contribution in [-0.4, -0.2) is 19.3 Å². The molecule has 0 saturated carbocycles. The molecule has 0 saturated heterocycles. The normalized spacial score (nSPS) is 12.9. The SMILES string of the molecule is CCCCCCCCCC(CC)OCC[O]. The second-order valence-electron chi connectivity index (χ2n) is 4.52. The molecule has 0 aromatic heterocycles. The highest BCUT2D eigenvalue weighted by molar-refractivity contribution is 4.56. The monoisotopic (exact) mass is 229 g/mol. The summed E-state index contributed by atoms with van der Waals surface area (Å²) in [7, 11) is 0. The Kier molecular flexibility index (Phi) is 12.9. The first-order chi connectivity index (χ1) is 7.85. The van der Waals surface area contributed by atoms with Gasteiger partial charge in [0.25, 0.3) is 0 Å². The Morgan fingerprint density at radius 2 is 1.56 bits per heavy atom. The quantitative estimate of drug-likeness (QED) is 0.457. The Hall–Kier alpha value is -0.0800. The molecule has 0 aliphatic rings. The van der Waals surface area contributed by atoms with Gasteiger partial charge in [0.1, 0.15) is 6.61 Å². The summed E-state index contributed by atoms with van der Waals surface area (Å²) in [6, 6.07) is 0. The zero-order chi connectivity index (χ0) is 12.1. The van der Waals surface area contributed by atoms with Gasteiger partial charge in [-0.25, -0.2) is 5.11 Å². The van der Waals surface area contributed by atoms with Crippen molar-refractivity contribution in [3.05, 3.63) is 0 Å². The van der Waals surface area contributed by atoms with Gasteiger partial charge in [-0.2, -0.15) is 0 Å². The van der Waals surface area contributed by atoms with Crippen molar-refractivity contribution < 1.29 is 9.84 Å². The molecular weight excluding hydrogens is 200 g/mol. The summed E-state index contributed by atoms with van der Waals surface area (Å²) < 4.78 is 5.47. The molecule has 0 heterocycles. The predicted octanol–water partition coefficient (Wildman–Crippen LogP) is 4.35. The molecule has 1 atom stereocenters. The Balaban J connectivity index is 3.20. The highest BCUT2D eigenvalue weighted by Crippen LogP contribution is 2.12. The number of hydrogen-bond acceptors (Lipinski definition) is 1. The maximum atomic E-state index is 10.3. The van der Waals surface area contributed by atoms with Gasteiger partial charge in [-0.3, -0.25) is 0 Å². The van der Waals surface area contributed by atoms with Crippen molar-refractivity contribution in [1.29, 1.82) is 0 Å². The van der Waals surface area contributed by atoms with Gasteiger partial charge < -0.3 is 4.74 Å². The zero-order valence-corrected chi connectivity index (χ0v) is 11.2. The third-order valence-electron chi connectivity index (χ3n) is 3.02. The van der Waals surface area contributed by atoms with Gasteiger partial charge in [0.05, 0.1) is 12.7 Å². The first kappa shape index (κ1) is 15.9. The molecule has 0 bridgehead atoms. The lowest BCUT2D eigenvalue weighted by Crippen LogP contribution is -2.13. The van der Waals surface area contributed by atoms with Crippen LogP contribution in [-0.2, 0) is 9.84 Å². The lowest BCUT2D eigenvalue weighted by Gasteiger charge is -2.14. The fourth-order valence-corrected chi connectivity index (χ4v) is 1.95. The van der Waals surface area contributed by atoms with Crippen LogP contribution < -0.4 is 0 Å². The van der Waals surface area contributed by atoms with E-state index in [1.165, 1.54) is 44.9 Å². The van der Waals surface area contributed by atoms with Crippen LogP contribution in [0.2, 0.25) is 0 Å². The minimum absolute atomic E-state index is 0.104. The van der Waals surface area contributed by atoms with E-state index in [0.717, 1.165) is 12.8 Å². The van der Waals surface area contributed by atoms with Crippen LogP contribution in [0.15, 0.2) is 0 Å². The van der Waals surface area contributed by atoms with Gasteiger partial charge in [0, 0.05) is 0 Å². The van der Waals surface area contributed by atoms with E-state index in [1.807, 2.05) is 0 Å². The predicted molar refractivity (Wildman–Crippen MR) is 68.2 cm³/mol. The summed E-state index contributed by atoms with van der Waals surface area (Å²) in [4.78, 5) is 0. The lowest BCUT2D eigenvalue weighted by molar-refractivity contribution is 0.00558. The van der Waals surface area contributed by atoms with Crippen LogP contribution in [0.4, 0.5) is 0 Å². The molecule has 2 heteroatoms. The van der Waals surface area contributed by atoms with Crippen LogP contribution in [0.25, 0.3) is 0 Å². The molecule has 2 nitrogen and oxygen atoms in total. The van der Waals surface area contributed by atoms with E-state index in [0.29, 0.717) is 12.7 Å². The largest absolute Gasteiger partial charge is 0.376 e. The highest BCUT2D eigenvalue weighted by Gasteiger charge is 2.05. The van der Waals surface area contributed by atoms with E-state index in [2.05, 4.69) is 13.8 Å². The van der Waals surface area contributed by atoms with Gasteiger partial charge in [0.2, 0.25) is 0 Å². The molecule has 0 fully saturated rings. The number of ether oxygens (including phenoxy) is 1. The molecule has 97 valence electrons. The van der Waals surface area contributed by atoms with E-state index in [9.17, 15) is 5.11 Å². The Bertz CT molecular complexity index is 126. The standard InChI is InChI=1S/C14H29O2/c1-3-5-6-7-8-9-10-11-14(4-2)16-13-12-15/h14H,3-13H2,1-2H3. The molecule has 16 heavy (non-hydrogen) atoms. The third kappa shape index (κ3) is 10.4. The fraction of sp³-hybridized carbons (Fsp3) is 1.00. The van der Waals surface area contributed by atoms with E-state index < -0.39 is 0 Å². The molecular formula is C14H29O2. The van der Waals surface area contributed by atoms with Gasteiger partial charge in [-0.05, 0) is 12.8 Å². The van der Waals surface area contributed by atoms with Crippen LogP contribution in [0.3, 0.4) is 0 Å². The minimum Gasteiger partial charge on any atom is -0.376 e. The third-order valence-corrected chi connectivity index (χ3v) is 3.02. The summed E-state index contributed by atoms with van der Waals surface area (Å²) in [5.41, 5.74) is 0. The van der Waals surface area contributed by atoms with E-state index in [1.54, 1.807) is 0 Å². The molecule has 0 N–H and O–H groups in total. The van der Waals surface area contributed by atoms with Crippen LogP contribution in [0, 0.1) is 0 Å². The molecule has 0 spiro atoms. The number of rotatable bonds is 12. The topological polar surface area (TPSA) is 29.1 Å². The van der Waals surface area contributed by atoms with Crippen LogP contribution in [0.1, 0.15) is 71.6 Å². The van der Waals surface area contributed by atoms with Crippen molar-refractivity contribution in [3.8, 4) is 0 Å². The molecule has 0 aliphatic carbocycles. The van der Waals surface area contributed by atoms with Crippen LogP contribution >= 0.6 is 0 Å². The van der Waals surface area contributed by atoms with E-state index in [4.69, 9.17) is 4.74 Å². The smallest absolute Gasteiger partial charge is 0.106 e. The lowest BCUT2D eigenvalue weighted by atomic mass is 10.1. The molecule has 1 radical (unpaired) electrons. The summed E-state index contributed by atoms with van der Waals surface area (Å²) in [5, 5.41) is 10.3. The minimum atomic E-state index is -0.104. The van der Waals surface area contributed by atoms with Crippen molar-refractivity contribution in [2.45, 2.75) is 77.7 Å². The van der Waals surface area contributed by atoms with Crippen molar-refractivity contribution >= 4 is 0 Å². The molecule has 0 aromatic carbocycles. The first-order valence-corrected chi connectivity index (χ1v) is 7.04. The summed E-state index contributed by atoms with van der Waals surface area (Å²) in [5.74, 6) is 0. The van der Waals surface area contributed by atoms with Gasteiger partial charge in [0.15, 0.2) is 0 Å². The first-order valence-electron chi connectivity index (χ1n) is 7.04. The molecule has 1 unspecified atom stereocenters. The molecule has 0 amide bonds. The summed E-state index contributed by atoms with van der Waals surface area (Å²) >= 11 is 0. The second-order valence-corrected chi connectivity index (χ2v) is 4.52. The summed E-state index contributed by atoms with van der Waals surface area (Å²) in [6.07, 6.45) is 11.9. The number of hydrogen-bond donors (Lipinski definition) is 0. The van der Waals surface area contributed by atoms with Crippen molar-refractivity contribution in [2.75, 3.05) is 13.2 Å². The van der Waals surface area contributed by atoms with E-state index >= 15 is 0 Å². The van der Waals surface area contributed by atoms with Crippen molar-refractivity contribution in [2.24, 2.45) is 0 Å². The molecule has 0 aliphatic heterocycles. The number of unbranched alkanes of at least 4 members (excludes halogenated alkanes) is 6. The zero-order valence-electron chi connectivity index (χ0n) is 11.2. The van der Waals surface area contributed by atoms with Crippen LogP contribution in [0.5, 0.6) is 0 Å². The Labute approximate surface area is 101 Å². The maximum absolute atomic E-state index is 10.3. The Morgan fingerprint density at radius 1 is 0.938 bits per heavy atom.